The maximum Gasteiger partial charge on any atom is 0.240 e. The normalized spacial score (nSPS) is 19.5. The molecule has 1 aliphatic heterocycles. The molecular formula is C15H23N3O2. The minimum absolute atomic E-state index is 0.0463. The first-order valence-corrected chi connectivity index (χ1v) is 7.14. The Morgan fingerprint density at radius 2 is 2.30 bits per heavy atom. The third-order valence-electron chi connectivity index (χ3n) is 3.45. The lowest BCUT2D eigenvalue weighted by molar-refractivity contribution is -0.136. The molecule has 1 atom stereocenters. The van der Waals surface area contributed by atoms with Gasteiger partial charge in [-0.2, -0.15) is 0 Å². The molecule has 2 rings (SSSR count). The topological polar surface area (TPSA) is 54.5 Å². The van der Waals surface area contributed by atoms with Crippen molar-refractivity contribution in [3.05, 3.63) is 23.9 Å². The molecule has 1 aliphatic rings. The molecular weight excluding hydrogens is 254 g/mol. The van der Waals surface area contributed by atoms with E-state index >= 15 is 0 Å². The van der Waals surface area contributed by atoms with Crippen molar-refractivity contribution in [2.75, 3.05) is 13.7 Å². The molecule has 1 amide bonds. The smallest absolute Gasteiger partial charge is 0.240 e. The predicted octanol–water partition coefficient (Wildman–Crippen LogP) is 1.58. The van der Waals surface area contributed by atoms with Crippen LogP contribution in [0.15, 0.2) is 18.3 Å². The van der Waals surface area contributed by atoms with Crippen LogP contribution in [0, 0.1) is 0 Å². The first-order chi connectivity index (χ1) is 9.60. The average molecular weight is 277 g/mol. The van der Waals surface area contributed by atoms with Gasteiger partial charge in [0.15, 0.2) is 0 Å². The third kappa shape index (κ3) is 3.70. The number of carbonyl (C=O) groups is 1. The largest absolute Gasteiger partial charge is 0.481 e. The zero-order valence-corrected chi connectivity index (χ0v) is 12.4. The van der Waals surface area contributed by atoms with Gasteiger partial charge in [0.2, 0.25) is 11.8 Å². The van der Waals surface area contributed by atoms with Gasteiger partial charge in [0.1, 0.15) is 0 Å². The first-order valence-electron chi connectivity index (χ1n) is 7.14. The van der Waals surface area contributed by atoms with Crippen molar-refractivity contribution in [2.24, 2.45) is 0 Å². The first kappa shape index (κ1) is 14.8. The summed E-state index contributed by atoms with van der Waals surface area (Å²) in [5.41, 5.74) is 1.03. The number of ether oxygens (including phenoxy) is 1. The van der Waals surface area contributed by atoms with Crippen LogP contribution in [0.4, 0.5) is 0 Å². The number of pyridine rings is 1. The minimum Gasteiger partial charge on any atom is -0.481 e. The van der Waals surface area contributed by atoms with E-state index in [2.05, 4.69) is 24.1 Å². The van der Waals surface area contributed by atoms with Crippen molar-refractivity contribution in [1.82, 2.24) is 15.2 Å². The highest BCUT2D eigenvalue weighted by Gasteiger charge is 2.28. The quantitative estimate of drug-likeness (QED) is 0.888. The lowest BCUT2D eigenvalue weighted by Gasteiger charge is -2.33. The second-order valence-corrected chi connectivity index (χ2v) is 5.48. The molecule has 20 heavy (non-hydrogen) atoms. The maximum atomic E-state index is 12.4. The molecule has 2 heterocycles. The van der Waals surface area contributed by atoms with Crippen LogP contribution in [0.5, 0.6) is 5.88 Å². The summed E-state index contributed by atoms with van der Waals surface area (Å²) < 4.78 is 5.04. The van der Waals surface area contributed by atoms with Gasteiger partial charge in [-0.3, -0.25) is 4.79 Å². The van der Waals surface area contributed by atoms with Crippen LogP contribution in [-0.2, 0) is 11.3 Å². The van der Waals surface area contributed by atoms with Crippen molar-refractivity contribution in [2.45, 2.75) is 45.3 Å². The van der Waals surface area contributed by atoms with Crippen molar-refractivity contribution >= 4 is 5.91 Å². The molecule has 1 aromatic rings. The average Bonchev–Trinajstić information content (AvgIpc) is 2.43. The van der Waals surface area contributed by atoms with Gasteiger partial charge in [-0.05, 0) is 18.4 Å². The molecule has 0 bridgehead atoms. The molecule has 1 saturated heterocycles. The van der Waals surface area contributed by atoms with E-state index in [0.717, 1.165) is 24.9 Å². The standard InChI is InChI=1S/C15H23N3O2/c1-11(2)17-13-5-4-8-18(15(13)19)10-12-6-7-14(20-3)16-9-12/h6-7,9,11,13,17H,4-5,8,10H2,1-3H3. The summed E-state index contributed by atoms with van der Waals surface area (Å²) in [7, 11) is 1.60. The molecule has 1 unspecified atom stereocenters. The van der Waals surface area contributed by atoms with Gasteiger partial charge in [0.05, 0.1) is 13.2 Å². The fourth-order valence-electron chi connectivity index (χ4n) is 2.50. The highest BCUT2D eigenvalue weighted by Crippen LogP contribution is 2.16. The van der Waals surface area contributed by atoms with Gasteiger partial charge in [0, 0.05) is 31.4 Å². The number of hydrogen-bond acceptors (Lipinski definition) is 4. The Kier molecular flexibility index (Phi) is 4.95. The van der Waals surface area contributed by atoms with E-state index in [4.69, 9.17) is 4.74 Å². The number of likely N-dealkylation sites (tertiary alicyclic amines) is 1. The van der Waals surface area contributed by atoms with Crippen LogP contribution >= 0.6 is 0 Å². The molecule has 5 nitrogen and oxygen atoms in total. The Balaban J connectivity index is 1.98. The van der Waals surface area contributed by atoms with E-state index < -0.39 is 0 Å². The van der Waals surface area contributed by atoms with Gasteiger partial charge in [-0.15, -0.1) is 0 Å². The summed E-state index contributed by atoms with van der Waals surface area (Å²) in [4.78, 5) is 18.5. The number of aromatic nitrogens is 1. The van der Waals surface area contributed by atoms with Gasteiger partial charge >= 0.3 is 0 Å². The number of hydrogen-bond donors (Lipinski definition) is 1. The summed E-state index contributed by atoms with van der Waals surface area (Å²) >= 11 is 0. The summed E-state index contributed by atoms with van der Waals surface area (Å²) in [5, 5.41) is 3.34. The Morgan fingerprint density at radius 1 is 1.50 bits per heavy atom. The van der Waals surface area contributed by atoms with E-state index in [0.29, 0.717) is 18.5 Å². The van der Waals surface area contributed by atoms with Crippen LogP contribution in [0.2, 0.25) is 0 Å². The van der Waals surface area contributed by atoms with Crippen molar-refractivity contribution in [3.8, 4) is 5.88 Å². The predicted molar refractivity (Wildman–Crippen MR) is 77.5 cm³/mol. The zero-order chi connectivity index (χ0) is 14.5. The van der Waals surface area contributed by atoms with Crippen LogP contribution in [0.25, 0.3) is 0 Å². The molecule has 0 spiro atoms. The SMILES string of the molecule is COc1ccc(CN2CCCC(NC(C)C)C2=O)cn1. The summed E-state index contributed by atoms with van der Waals surface area (Å²) in [6.45, 7) is 5.58. The molecule has 0 radical (unpaired) electrons. The van der Waals surface area contributed by atoms with Crippen LogP contribution in [0.3, 0.4) is 0 Å². The highest BCUT2D eigenvalue weighted by atomic mass is 16.5. The van der Waals surface area contributed by atoms with Gasteiger partial charge in [-0.25, -0.2) is 4.98 Å². The molecule has 110 valence electrons. The molecule has 1 N–H and O–H groups in total. The lowest BCUT2D eigenvalue weighted by atomic mass is 10.0. The molecule has 1 fully saturated rings. The van der Waals surface area contributed by atoms with Crippen molar-refractivity contribution in [1.29, 1.82) is 0 Å². The van der Waals surface area contributed by atoms with Gasteiger partial charge in [-0.1, -0.05) is 19.9 Å². The maximum absolute atomic E-state index is 12.4. The number of rotatable bonds is 5. The second-order valence-electron chi connectivity index (χ2n) is 5.48. The number of carbonyl (C=O) groups excluding carboxylic acids is 1. The van der Waals surface area contributed by atoms with E-state index in [1.54, 1.807) is 13.3 Å². The molecule has 0 aromatic carbocycles. The molecule has 5 heteroatoms. The Morgan fingerprint density at radius 3 is 2.90 bits per heavy atom. The van der Waals surface area contributed by atoms with Crippen LogP contribution in [-0.4, -0.2) is 41.5 Å². The Labute approximate surface area is 120 Å². The fraction of sp³-hybridized carbons (Fsp3) is 0.600. The molecule has 1 aromatic heterocycles. The van der Waals surface area contributed by atoms with Crippen molar-refractivity contribution in [3.63, 3.8) is 0 Å². The van der Waals surface area contributed by atoms with Crippen LogP contribution in [0.1, 0.15) is 32.3 Å². The van der Waals surface area contributed by atoms with Crippen molar-refractivity contribution < 1.29 is 9.53 Å². The van der Waals surface area contributed by atoms with E-state index in [1.165, 1.54) is 0 Å². The number of amides is 1. The number of methoxy groups -OCH3 is 1. The molecule has 0 saturated carbocycles. The molecule has 0 aliphatic carbocycles. The van der Waals surface area contributed by atoms with E-state index in [9.17, 15) is 4.79 Å². The van der Waals surface area contributed by atoms with Crippen LogP contribution < -0.4 is 10.1 Å². The zero-order valence-electron chi connectivity index (χ0n) is 12.4. The summed E-state index contributed by atoms with van der Waals surface area (Å²) in [5.74, 6) is 0.791. The number of piperidine rings is 1. The lowest BCUT2D eigenvalue weighted by Crippen LogP contribution is -2.51. The van der Waals surface area contributed by atoms with Gasteiger partial charge in [0.25, 0.3) is 0 Å². The van der Waals surface area contributed by atoms with E-state index in [1.807, 2.05) is 17.0 Å². The monoisotopic (exact) mass is 277 g/mol. The van der Waals surface area contributed by atoms with E-state index in [-0.39, 0.29) is 11.9 Å². The number of nitrogens with one attached hydrogen (secondary N) is 1. The highest BCUT2D eigenvalue weighted by molar-refractivity contribution is 5.82. The summed E-state index contributed by atoms with van der Waals surface area (Å²) in [6.07, 6.45) is 3.74. The minimum atomic E-state index is -0.0463. The third-order valence-corrected chi connectivity index (χ3v) is 3.45. The second kappa shape index (κ2) is 6.70. The Hall–Kier alpha value is -1.62. The van der Waals surface area contributed by atoms with Gasteiger partial charge < -0.3 is 15.0 Å². The number of nitrogens with zero attached hydrogens (tertiary/aromatic N) is 2. The fourth-order valence-corrected chi connectivity index (χ4v) is 2.50. The summed E-state index contributed by atoms with van der Waals surface area (Å²) in [6, 6.07) is 4.06. The Bertz CT molecular complexity index is 445.